The largest absolute Gasteiger partial charge is 0.469 e. The summed E-state index contributed by atoms with van der Waals surface area (Å²) >= 11 is 7.67. The summed E-state index contributed by atoms with van der Waals surface area (Å²) in [5.74, 6) is 1.54. The number of nitrogens with zero attached hydrogens (tertiary/aromatic N) is 2. The molecule has 0 amide bonds. The third-order valence-electron chi connectivity index (χ3n) is 3.42. The normalized spacial score (nSPS) is 15.9. The minimum atomic E-state index is -0.129. The van der Waals surface area contributed by atoms with Gasteiger partial charge in [0, 0.05) is 18.2 Å². The van der Waals surface area contributed by atoms with E-state index < -0.39 is 0 Å². The Balaban J connectivity index is 1.95. The van der Waals surface area contributed by atoms with Gasteiger partial charge < -0.3 is 4.74 Å². The Morgan fingerprint density at radius 1 is 1.50 bits per heavy atom. The van der Waals surface area contributed by atoms with Gasteiger partial charge in [0.15, 0.2) is 0 Å². The fourth-order valence-electron chi connectivity index (χ4n) is 2.01. The van der Waals surface area contributed by atoms with Crippen LogP contribution in [0.3, 0.4) is 0 Å². The highest BCUT2D eigenvalue weighted by Crippen LogP contribution is 2.52. The maximum Gasteiger partial charge on any atom is 0.306 e. The molecule has 0 N–H and O–H groups in total. The van der Waals surface area contributed by atoms with Gasteiger partial charge in [0.1, 0.15) is 16.0 Å². The fraction of sp³-hybridized carbons (Fsp3) is 0.643. The molecule has 20 heavy (non-hydrogen) atoms. The number of carbonyl (C=O) groups excluding carboxylic acids is 1. The number of aryl methyl sites for hydroxylation is 1. The van der Waals surface area contributed by atoms with Crippen molar-refractivity contribution in [1.29, 1.82) is 0 Å². The van der Waals surface area contributed by atoms with Crippen molar-refractivity contribution in [2.24, 2.45) is 5.41 Å². The lowest BCUT2D eigenvalue weighted by molar-refractivity contribution is -0.141. The monoisotopic (exact) mass is 314 g/mol. The lowest BCUT2D eigenvalue weighted by Gasteiger charge is -2.13. The number of thioether (sulfide) groups is 1. The van der Waals surface area contributed by atoms with E-state index in [1.165, 1.54) is 7.11 Å². The van der Waals surface area contributed by atoms with Crippen molar-refractivity contribution >= 4 is 29.3 Å². The molecule has 0 atom stereocenters. The molecular formula is C14H19ClN2O2S. The maximum atomic E-state index is 11.4. The van der Waals surface area contributed by atoms with Gasteiger partial charge in [0.05, 0.1) is 13.5 Å². The Hall–Kier alpha value is -0.810. The summed E-state index contributed by atoms with van der Waals surface area (Å²) in [6.07, 6.45) is 4.49. The number of esters is 1. The molecule has 1 aromatic heterocycles. The average molecular weight is 315 g/mol. The summed E-state index contributed by atoms with van der Waals surface area (Å²) in [6, 6.07) is 1.79. The molecule has 0 unspecified atom stereocenters. The number of hydrogen-bond donors (Lipinski definition) is 0. The molecule has 1 saturated carbocycles. The zero-order valence-corrected chi connectivity index (χ0v) is 13.4. The predicted octanol–water partition coefficient (Wildman–Crippen LogP) is 3.52. The molecule has 0 bridgehead atoms. The SMILES string of the molecule is CCCc1nc(Cl)cc(SCC2(CC(=O)OC)CC2)n1. The smallest absolute Gasteiger partial charge is 0.306 e. The van der Waals surface area contributed by atoms with Gasteiger partial charge in [0.2, 0.25) is 0 Å². The van der Waals surface area contributed by atoms with Gasteiger partial charge in [-0.05, 0) is 24.7 Å². The Morgan fingerprint density at radius 3 is 2.85 bits per heavy atom. The molecule has 2 rings (SSSR count). The van der Waals surface area contributed by atoms with Crippen LogP contribution in [0.25, 0.3) is 0 Å². The molecule has 1 aliphatic rings. The molecule has 0 spiro atoms. The van der Waals surface area contributed by atoms with E-state index in [0.29, 0.717) is 11.6 Å². The summed E-state index contributed by atoms with van der Waals surface area (Å²) in [4.78, 5) is 20.1. The van der Waals surface area contributed by atoms with E-state index in [0.717, 1.165) is 42.3 Å². The second-order valence-corrected chi connectivity index (χ2v) is 6.62. The summed E-state index contributed by atoms with van der Waals surface area (Å²) < 4.78 is 4.75. The van der Waals surface area contributed by atoms with Crippen LogP contribution in [0.4, 0.5) is 0 Å². The molecule has 6 heteroatoms. The highest BCUT2D eigenvalue weighted by Gasteiger charge is 2.44. The van der Waals surface area contributed by atoms with Gasteiger partial charge in [-0.1, -0.05) is 18.5 Å². The van der Waals surface area contributed by atoms with Crippen LogP contribution in [-0.4, -0.2) is 28.8 Å². The second-order valence-electron chi connectivity index (χ2n) is 5.24. The third kappa shape index (κ3) is 4.35. The number of halogens is 1. The highest BCUT2D eigenvalue weighted by molar-refractivity contribution is 7.99. The molecule has 1 heterocycles. The fourth-order valence-corrected chi connectivity index (χ4v) is 3.48. The second kappa shape index (κ2) is 6.76. The van der Waals surface area contributed by atoms with Gasteiger partial charge in [-0.15, -0.1) is 11.8 Å². The van der Waals surface area contributed by atoms with Crippen LogP contribution in [0, 0.1) is 5.41 Å². The minimum Gasteiger partial charge on any atom is -0.469 e. The maximum absolute atomic E-state index is 11.4. The molecule has 0 radical (unpaired) electrons. The lowest BCUT2D eigenvalue weighted by Crippen LogP contribution is -2.13. The standard InChI is InChI=1S/C14H19ClN2O2S/c1-3-4-11-16-10(15)7-12(17-11)20-9-14(5-6-14)8-13(18)19-2/h7H,3-6,8-9H2,1-2H3. The number of carbonyl (C=O) groups is 1. The summed E-state index contributed by atoms with van der Waals surface area (Å²) in [6.45, 7) is 2.09. The van der Waals surface area contributed by atoms with E-state index in [-0.39, 0.29) is 11.4 Å². The summed E-state index contributed by atoms with van der Waals surface area (Å²) in [7, 11) is 1.44. The molecular weight excluding hydrogens is 296 g/mol. The minimum absolute atomic E-state index is 0.0973. The van der Waals surface area contributed by atoms with Crippen molar-refractivity contribution in [3.63, 3.8) is 0 Å². The topological polar surface area (TPSA) is 52.1 Å². The van der Waals surface area contributed by atoms with E-state index >= 15 is 0 Å². The highest BCUT2D eigenvalue weighted by atomic mass is 35.5. The van der Waals surface area contributed by atoms with Gasteiger partial charge in [0.25, 0.3) is 0 Å². The molecule has 1 aliphatic carbocycles. The molecule has 4 nitrogen and oxygen atoms in total. The Morgan fingerprint density at radius 2 is 2.25 bits per heavy atom. The lowest BCUT2D eigenvalue weighted by atomic mass is 10.1. The van der Waals surface area contributed by atoms with Crippen molar-refractivity contribution in [3.05, 3.63) is 17.0 Å². The first kappa shape index (κ1) is 15.6. The first-order chi connectivity index (χ1) is 9.57. The van der Waals surface area contributed by atoms with Crippen molar-refractivity contribution < 1.29 is 9.53 Å². The zero-order valence-electron chi connectivity index (χ0n) is 11.8. The van der Waals surface area contributed by atoms with E-state index in [1.54, 1.807) is 17.8 Å². The van der Waals surface area contributed by atoms with Crippen LogP contribution >= 0.6 is 23.4 Å². The van der Waals surface area contributed by atoms with Gasteiger partial charge in [-0.2, -0.15) is 0 Å². The van der Waals surface area contributed by atoms with Gasteiger partial charge >= 0.3 is 5.97 Å². The average Bonchev–Trinajstić information content (AvgIpc) is 3.16. The quantitative estimate of drug-likeness (QED) is 0.438. The summed E-state index contributed by atoms with van der Waals surface area (Å²) in [5, 5.41) is 1.38. The number of ether oxygens (including phenoxy) is 1. The third-order valence-corrected chi connectivity index (χ3v) is 4.88. The van der Waals surface area contributed by atoms with Crippen molar-refractivity contribution in [3.8, 4) is 0 Å². The van der Waals surface area contributed by atoms with Gasteiger partial charge in [-0.25, -0.2) is 9.97 Å². The van der Waals surface area contributed by atoms with E-state index in [4.69, 9.17) is 16.3 Å². The van der Waals surface area contributed by atoms with Crippen LogP contribution < -0.4 is 0 Å². The molecule has 1 fully saturated rings. The van der Waals surface area contributed by atoms with Crippen molar-refractivity contribution in [2.45, 2.75) is 44.1 Å². The van der Waals surface area contributed by atoms with Crippen LogP contribution in [0.2, 0.25) is 5.15 Å². The molecule has 0 saturated heterocycles. The summed E-state index contributed by atoms with van der Waals surface area (Å²) in [5.41, 5.74) is 0.0973. The van der Waals surface area contributed by atoms with Gasteiger partial charge in [-0.3, -0.25) is 4.79 Å². The van der Waals surface area contributed by atoms with Crippen molar-refractivity contribution in [2.75, 3.05) is 12.9 Å². The number of hydrogen-bond acceptors (Lipinski definition) is 5. The van der Waals surface area contributed by atoms with Crippen molar-refractivity contribution in [1.82, 2.24) is 9.97 Å². The first-order valence-corrected chi connectivity index (χ1v) is 8.16. The zero-order chi connectivity index (χ0) is 14.6. The first-order valence-electron chi connectivity index (χ1n) is 6.80. The van der Waals surface area contributed by atoms with Crippen LogP contribution in [-0.2, 0) is 16.0 Å². The van der Waals surface area contributed by atoms with Crippen LogP contribution in [0.15, 0.2) is 11.1 Å². The predicted molar refractivity (Wildman–Crippen MR) is 80.1 cm³/mol. The van der Waals surface area contributed by atoms with E-state index in [1.807, 2.05) is 0 Å². The molecule has 0 aromatic carbocycles. The van der Waals surface area contributed by atoms with Crippen LogP contribution in [0.1, 0.15) is 38.4 Å². The van der Waals surface area contributed by atoms with E-state index in [9.17, 15) is 4.79 Å². The Labute approximate surface area is 128 Å². The Bertz CT molecular complexity index is 492. The number of rotatable bonds is 7. The number of methoxy groups -OCH3 is 1. The molecule has 1 aromatic rings. The molecule has 110 valence electrons. The number of aromatic nitrogens is 2. The van der Waals surface area contributed by atoms with Crippen LogP contribution in [0.5, 0.6) is 0 Å². The van der Waals surface area contributed by atoms with E-state index in [2.05, 4.69) is 16.9 Å². The molecule has 0 aliphatic heterocycles. The Kier molecular flexibility index (Phi) is 5.27.